The second-order valence-corrected chi connectivity index (χ2v) is 8.61. The van der Waals surface area contributed by atoms with Gasteiger partial charge in [0.1, 0.15) is 12.1 Å². The smallest absolute Gasteiger partial charge is 0.224 e. The number of nitriles is 2. The first kappa shape index (κ1) is 29.3. The van der Waals surface area contributed by atoms with Crippen molar-refractivity contribution in [1.29, 1.82) is 10.5 Å². The topological polar surface area (TPSA) is 81.7 Å². The van der Waals surface area contributed by atoms with Crippen molar-refractivity contribution in [2.45, 2.75) is 47.1 Å². The summed E-state index contributed by atoms with van der Waals surface area (Å²) in [5, 5.41) is 17.5. The number of hydrogen-bond donors (Lipinski definition) is 0. The molecule has 0 aliphatic carbocycles. The Labute approximate surface area is 181 Å². The normalized spacial score (nSPS) is 14.4. The maximum absolute atomic E-state index is 13.8. The molecule has 1 aromatic rings. The van der Waals surface area contributed by atoms with Gasteiger partial charge in [-0.2, -0.15) is 67.6 Å². The summed E-state index contributed by atoms with van der Waals surface area (Å²) in [6.07, 6.45) is -10.5. The van der Waals surface area contributed by atoms with E-state index in [0.717, 1.165) is 0 Å². The minimum absolute atomic E-state index is 0.400. The van der Waals surface area contributed by atoms with Crippen molar-refractivity contribution in [2.24, 2.45) is 0 Å². The summed E-state index contributed by atoms with van der Waals surface area (Å²) >= 11 is 0. The average molecular weight is 538 g/mol. The third kappa shape index (κ3) is 4.47. The second-order valence-electron chi connectivity index (χ2n) is 6.50. The predicted octanol–water partition coefficient (Wildman–Crippen LogP) is 5.33. The molecule has 0 aliphatic rings. The molecular weight excluding hydrogens is 531 g/mol. The Morgan fingerprint density at radius 2 is 1.12 bits per heavy atom. The lowest BCUT2D eigenvalue weighted by Gasteiger charge is -2.39. The number of rotatable bonds is 8. The van der Waals surface area contributed by atoms with Crippen LogP contribution >= 0.6 is 0 Å². The predicted molar refractivity (Wildman–Crippen MR) is 83.3 cm³/mol. The summed E-state index contributed by atoms with van der Waals surface area (Å²) in [4.78, 5) is -1.08. The van der Waals surface area contributed by atoms with Crippen molar-refractivity contribution in [1.82, 2.24) is 0 Å². The quantitative estimate of drug-likeness (QED) is 0.419. The lowest BCUT2D eigenvalue weighted by molar-refractivity contribution is -0.439. The van der Waals surface area contributed by atoms with Gasteiger partial charge in [-0.3, -0.25) is 0 Å². The number of benzene rings is 1. The molecule has 0 saturated heterocycles. The number of halogens is 13. The van der Waals surface area contributed by atoms with Crippen LogP contribution in [0.25, 0.3) is 0 Å². The van der Waals surface area contributed by atoms with E-state index in [-0.39, 0.29) is 0 Å². The summed E-state index contributed by atoms with van der Waals surface area (Å²) < 4.78 is 194. The molecule has 0 amide bonds. The molecule has 0 atom stereocenters. The Balaban J connectivity index is 3.36. The van der Waals surface area contributed by atoms with Gasteiger partial charge in [-0.15, -0.1) is 0 Å². The van der Waals surface area contributed by atoms with Crippen LogP contribution in [0.3, 0.4) is 0 Å². The van der Waals surface area contributed by atoms with Gasteiger partial charge < -0.3 is 0 Å². The van der Waals surface area contributed by atoms with Gasteiger partial charge in [-0.25, -0.2) is 8.42 Å². The third-order valence-corrected chi connectivity index (χ3v) is 5.99. The molecule has 18 heteroatoms. The van der Waals surface area contributed by atoms with Gasteiger partial charge >= 0.3 is 35.8 Å². The summed E-state index contributed by atoms with van der Waals surface area (Å²) in [7, 11) is -5.18. The lowest BCUT2D eigenvalue weighted by atomic mass is 9.93. The first-order chi connectivity index (χ1) is 14.9. The lowest BCUT2D eigenvalue weighted by Crippen LogP contribution is -2.70. The molecule has 0 aromatic heterocycles. The van der Waals surface area contributed by atoms with Crippen LogP contribution in [-0.2, 0) is 9.84 Å². The first-order valence-corrected chi connectivity index (χ1v) is 9.72. The number of nitrogens with zero attached hydrogens (tertiary/aromatic N) is 2. The van der Waals surface area contributed by atoms with Gasteiger partial charge in [0, 0.05) is 6.42 Å². The van der Waals surface area contributed by atoms with Crippen LogP contribution < -0.4 is 0 Å². The van der Waals surface area contributed by atoms with Gasteiger partial charge in [0.05, 0.1) is 21.8 Å². The largest absolute Gasteiger partial charge is 0.460 e. The summed E-state index contributed by atoms with van der Waals surface area (Å²) in [5.74, 6) is -40.4. The van der Waals surface area contributed by atoms with Crippen molar-refractivity contribution in [3.8, 4) is 12.1 Å². The van der Waals surface area contributed by atoms with E-state index in [1.807, 2.05) is 0 Å². The monoisotopic (exact) mass is 538 g/mol. The van der Waals surface area contributed by atoms with Crippen LogP contribution in [0, 0.1) is 22.7 Å². The fourth-order valence-corrected chi connectivity index (χ4v) is 3.58. The van der Waals surface area contributed by atoms with E-state index in [1.54, 1.807) is 0 Å². The molecule has 0 aliphatic heterocycles. The van der Waals surface area contributed by atoms with Crippen LogP contribution in [-0.4, -0.2) is 50.0 Å². The molecule has 0 N–H and O–H groups in total. The molecule has 0 spiro atoms. The molecule has 34 heavy (non-hydrogen) atoms. The third-order valence-electron chi connectivity index (χ3n) is 4.27. The van der Waals surface area contributed by atoms with Crippen LogP contribution in [0.2, 0.25) is 0 Å². The van der Waals surface area contributed by atoms with Crippen LogP contribution in [0.15, 0.2) is 23.1 Å². The molecular formula is C16H7F13N2O2S. The van der Waals surface area contributed by atoms with E-state index in [2.05, 4.69) is 0 Å². The second kappa shape index (κ2) is 8.47. The van der Waals surface area contributed by atoms with Crippen molar-refractivity contribution in [3.63, 3.8) is 0 Å². The summed E-state index contributed by atoms with van der Waals surface area (Å²) in [5.41, 5.74) is -1.08. The van der Waals surface area contributed by atoms with Crippen molar-refractivity contribution in [2.75, 3.05) is 5.75 Å². The standard InChI is InChI=1S/C16H7F13N2O2S/c17-11(18,3-4-34(32,33)10-2-1-8(6-30)9(5-10)7-31)12(19,20)13(21,22)14(23,24)15(25,26)16(27,28)29/h1-2,5H,3-4H2. The molecule has 0 saturated carbocycles. The Hall–Kier alpha value is -2.76. The number of alkyl halides is 13. The van der Waals surface area contributed by atoms with Gasteiger partial charge in [0.15, 0.2) is 9.84 Å². The highest BCUT2D eigenvalue weighted by Crippen LogP contribution is 2.60. The Morgan fingerprint density at radius 1 is 0.676 bits per heavy atom. The zero-order valence-corrected chi connectivity index (χ0v) is 16.5. The molecule has 190 valence electrons. The zero-order valence-electron chi connectivity index (χ0n) is 15.7. The fourth-order valence-electron chi connectivity index (χ4n) is 2.25. The average Bonchev–Trinajstić information content (AvgIpc) is 2.70. The molecule has 0 unspecified atom stereocenters. The van der Waals surface area contributed by atoms with E-state index in [1.165, 1.54) is 12.1 Å². The van der Waals surface area contributed by atoms with E-state index in [9.17, 15) is 65.5 Å². The van der Waals surface area contributed by atoms with E-state index in [0.29, 0.717) is 18.2 Å². The van der Waals surface area contributed by atoms with Gasteiger partial charge in [-0.1, -0.05) is 0 Å². The number of sulfone groups is 1. The molecule has 0 bridgehead atoms. The van der Waals surface area contributed by atoms with Crippen LogP contribution in [0.5, 0.6) is 0 Å². The molecule has 4 nitrogen and oxygen atoms in total. The Morgan fingerprint density at radius 3 is 1.53 bits per heavy atom. The van der Waals surface area contributed by atoms with Gasteiger partial charge in [0.2, 0.25) is 0 Å². The molecule has 0 radical (unpaired) electrons. The fraction of sp³-hybridized carbons (Fsp3) is 0.500. The minimum atomic E-state index is -8.08. The maximum Gasteiger partial charge on any atom is 0.460 e. The molecule has 0 fully saturated rings. The van der Waals surface area contributed by atoms with E-state index >= 15 is 0 Å². The highest BCUT2D eigenvalue weighted by Gasteiger charge is 2.90. The number of hydrogen-bond acceptors (Lipinski definition) is 4. The molecule has 1 rings (SSSR count). The Kier molecular flexibility index (Phi) is 7.29. The zero-order chi connectivity index (χ0) is 27.2. The maximum atomic E-state index is 13.8. The highest BCUT2D eigenvalue weighted by molar-refractivity contribution is 7.91. The first-order valence-electron chi connectivity index (χ1n) is 8.07. The molecule has 0 heterocycles. The Bertz CT molecular complexity index is 1130. The van der Waals surface area contributed by atoms with Gasteiger partial charge in [0.25, 0.3) is 0 Å². The highest BCUT2D eigenvalue weighted by atomic mass is 32.2. The van der Waals surface area contributed by atoms with Gasteiger partial charge in [-0.05, 0) is 18.2 Å². The van der Waals surface area contributed by atoms with Crippen molar-refractivity contribution < 1.29 is 65.5 Å². The summed E-state index contributed by atoms with van der Waals surface area (Å²) in [6, 6.07) is 4.32. The van der Waals surface area contributed by atoms with Crippen LogP contribution in [0.4, 0.5) is 57.1 Å². The van der Waals surface area contributed by atoms with Crippen molar-refractivity contribution in [3.05, 3.63) is 29.3 Å². The van der Waals surface area contributed by atoms with E-state index in [4.69, 9.17) is 10.5 Å². The van der Waals surface area contributed by atoms with Crippen molar-refractivity contribution >= 4 is 9.84 Å². The minimum Gasteiger partial charge on any atom is -0.224 e. The molecule has 1 aromatic carbocycles. The summed E-state index contributed by atoms with van der Waals surface area (Å²) in [6.45, 7) is 0. The SMILES string of the molecule is N#Cc1ccc(S(=O)(=O)CCC(F)(F)C(F)(F)C(F)(F)C(F)(F)C(F)(F)C(F)(F)F)cc1C#N. The van der Waals surface area contributed by atoms with E-state index < -0.39 is 73.8 Å². The van der Waals surface area contributed by atoms with Crippen LogP contribution in [0.1, 0.15) is 17.5 Å².